The average molecular weight is 329 g/mol. The van der Waals surface area contributed by atoms with Crippen LogP contribution in [0, 0.1) is 13.8 Å². The second-order valence-corrected chi connectivity index (χ2v) is 6.22. The van der Waals surface area contributed by atoms with Crippen LogP contribution in [0.5, 0.6) is 0 Å². The van der Waals surface area contributed by atoms with Gasteiger partial charge in [0, 0.05) is 42.8 Å². The van der Waals surface area contributed by atoms with Gasteiger partial charge in [-0.05, 0) is 38.8 Å². The predicted molar refractivity (Wildman–Crippen MR) is 91.0 cm³/mol. The molecule has 6 nitrogen and oxygen atoms in total. The minimum absolute atomic E-state index is 0.0149. The molecule has 128 valence electrons. The number of hydrogen-bond donors (Lipinski definition) is 2. The number of rotatable bonds is 4. The summed E-state index contributed by atoms with van der Waals surface area (Å²) in [6.45, 7) is 5.32. The zero-order valence-electron chi connectivity index (χ0n) is 14.1. The summed E-state index contributed by atoms with van der Waals surface area (Å²) in [4.78, 5) is 18.7. The molecule has 0 atom stereocenters. The van der Waals surface area contributed by atoms with Crippen molar-refractivity contribution in [1.29, 1.82) is 0 Å². The molecule has 24 heavy (non-hydrogen) atoms. The van der Waals surface area contributed by atoms with Crippen LogP contribution in [0.4, 0.5) is 5.69 Å². The molecule has 2 aromatic rings. The third kappa shape index (κ3) is 3.43. The number of nitrogens with one attached hydrogen (secondary N) is 1. The van der Waals surface area contributed by atoms with Gasteiger partial charge in [-0.25, -0.2) is 0 Å². The summed E-state index contributed by atoms with van der Waals surface area (Å²) in [6, 6.07) is 3.87. The lowest BCUT2D eigenvalue weighted by atomic mass is 10.0. The maximum atomic E-state index is 12.4. The molecule has 1 aliphatic rings. The number of anilines is 1. The quantitative estimate of drug-likeness (QED) is 0.899. The Bertz CT molecular complexity index is 718. The zero-order chi connectivity index (χ0) is 17.1. The third-order valence-electron chi connectivity index (χ3n) is 4.50. The second kappa shape index (κ2) is 7.05. The highest BCUT2D eigenvalue weighted by Gasteiger charge is 2.23. The van der Waals surface area contributed by atoms with Crippen molar-refractivity contribution in [2.45, 2.75) is 39.3 Å². The van der Waals surface area contributed by atoms with Crippen LogP contribution in [0.3, 0.4) is 0 Å². The van der Waals surface area contributed by atoms with E-state index >= 15 is 0 Å². The highest BCUT2D eigenvalue weighted by Crippen LogP contribution is 2.24. The number of carbonyl (C=O) groups is 1. The number of nitrogens with zero attached hydrogens (tertiary/aromatic N) is 2. The van der Waals surface area contributed by atoms with Crippen LogP contribution in [0.15, 0.2) is 28.9 Å². The summed E-state index contributed by atoms with van der Waals surface area (Å²) in [6.07, 6.45) is 5.18. The number of pyridine rings is 1. The standard InChI is InChI=1S/C18H23N3O3/c1-12-9-16(13(2)24-12)18(23)20-15-4-7-21(8-5-15)17-3-6-19-10-14(17)11-22/h3,6,9-10,15,22H,4-5,7-8,11H2,1-2H3,(H,20,23). The molecule has 2 aromatic heterocycles. The second-order valence-electron chi connectivity index (χ2n) is 6.22. The number of furan rings is 1. The number of amides is 1. The van der Waals surface area contributed by atoms with E-state index in [9.17, 15) is 9.90 Å². The molecule has 6 heteroatoms. The number of carbonyl (C=O) groups excluding carboxylic acids is 1. The molecular formula is C18H23N3O3. The molecule has 0 aromatic carbocycles. The molecule has 1 aliphatic heterocycles. The first-order valence-electron chi connectivity index (χ1n) is 8.25. The topological polar surface area (TPSA) is 78.6 Å². The van der Waals surface area contributed by atoms with Crippen LogP contribution in [-0.4, -0.2) is 35.1 Å². The van der Waals surface area contributed by atoms with Gasteiger partial charge in [0.25, 0.3) is 5.91 Å². The number of aryl methyl sites for hydroxylation is 2. The van der Waals surface area contributed by atoms with Crippen molar-refractivity contribution in [3.05, 3.63) is 47.2 Å². The lowest BCUT2D eigenvalue weighted by Crippen LogP contribution is -2.45. The molecule has 1 amide bonds. The van der Waals surface area contributed by atoms with Crippen molar-refractivity contribution in [2.75, 3.05) is 18.0 Å². The van der Waals surface area contributed by atoms with Crippen molar-refractivity contribution in [1.82, 2.24) is 10.3 Å². The van der Waals surface area contributed by atoms with E-state index in [1.807, 2.05) is 19.9 Å². The molecule has 0 saturated carbocycles. The van der Waals surface area contributed by atoms with Crippen molar-refractivity contribution < 1.29 is 14.3 Å². The minimum atomic E-state index is -0.0669. The van der Waals surface area contributed by atoms with E-state index in [0.29, 0.717) is 11.3 Å². The number of aliphatic hydroxyl groups is 1. The van der Waals surface area contributed by atoms with Crippen molar-refractivity contribution in [3.63, 3.8) is 0 Å². The van der Waals surface area contributed by atoms with Gasteiger partial charge in [-0.15, -0.1) is 0 Å². The monoisotopic (exact) mass is 329 g/mol. The van der Waals surface area contributed by atoms with Crippen molar-refractivity contribution >= 4 is 11.6 Å². The lowest BCUT2D eigenvalue weighted by Gasteiger charge is -2.34. The van der Waals surface area contributed by atoms with E-state index < -0.39 is 0 Å². The summed E-state index contributed by atoms with van der Waals surface area (Å²) in [5, 5.41) is 12.5. The number of aliphatic hydroxyl groups excluding tert-OH is 1. The summed E-state index contributed by atoms with van der Waals surface area (Å²) in [5.41, 5.74) is 2.48. The maximum Gasteiger partial charge on any atom is 0.255 e. The van der Waals surface area contributed by atoms with E-state index in [4.69, 9.17) is 4.42 Å². The van der Waals surface area contributed by atoms with E-state index in [0.717, 1.165) is 42.9 Å². The fraction of sp³-hybridized carbons (Fsp3) is 0.444. The van der Waals surface area contributed by atoms with Gasteiger partial charge >= 0.3 is 0 Å². The Balaban J connectivity index is 1.59. The van der Waals surface area contributed by atoms with Crippen LogP contribution in [-0.2, 0) is 6.61 Å². The molecule has 0 aliphatic carbocycles. The van der Waals surface area contributed by atoms with Crippen LogP contribution in [0.25, 0.3) is 0 Å². The molecule has 3 rings (SSSR count). The highest BCUT2D eigenvalue weighted by atomic mass is 16.3. The Kier molecular flexibility index (Phi) is 4.85. The van der Waals surface area contributed by atoms with Gasteiger partial charge in [-0.2, -0.15) is 0 Å². The fourth-order valence-corrected chi connectivity index (χ4v) is 3.23. The summed E-state index contributed by atoms with van der Waals surface area (Å²) >= 11 is 0. The van der Waals surface area contributed by atoms with Gasteiger partial charge in [0.1, 0.15) is 11.5 Å². The first-order chi connectivity index (χ1) is 11.6. The molecule has 0 radical (unpaired) electrons. The molecule has 1 fully saturated rings. The van der Waals surface area contributed by atoms with Crippen LogP contribution >= 0.6 is 0 Å². The molecular weight excluding hydrogens is 306 g/mol. The molecule has 0 unspecified atom stereocenters. The SMILES string of the molecule is Cc1cc(C(=O)NC2CCN(c3ccncc3CO)CC2)c(C)o1. The lowest BCUT2D eigenvalue weighted by molar-refractivity contribution is 0.0929. The smallest absolute Gasteiger partial charge is 0.255 e. The fourth-order valence-electron chi connectivity index (χ4n) is 3.23. The van der Waals surface area contributed by atoms with Gasteiger partial charge in [-0.1, -0.05) is 0 Å². The molecule has 0 spiro atoms. The first kappa shape index (κ1) is 16.5. The van der Waals surface area contributed by atoms with Crippen LogP contribution in [0.2, 0.25) is 0 Å². The molecule has 1 saturated heterocycles. The van der Waals surface area contributed by atoms with Gasteiger partial charge in [0.15, 0.2) is 0 Å². The van der Waals surface area contributed by atoms with E-state index in [-0.39, 0.29) is 18.6 Å². The highest BCUT2D eigenvalue weighted by molar-refractivity contribution is 5.95. The number of hydrogen-bond acceptors (Lipinski definition) is 5. The van der Waals surface area contributed by atoms with Crippen molar-refractivity contribution in [2.24, 2.45) is 0 Å². The Morgan fingerprint density at radius 2 is 2.17 bits per heavy atom. The van der Waals surface area contributed by atoms with E-state index in [1.165, 1.54) is 0 Å². The van der Waals surface area contributed by atoms with E-state index in [2.05, 4.69) is 15.2 Å². The Labute approximate surface area is 141 Å². The Morgan fingerprint density at radius 1 is 1.42 bits per heavy atom. The Hall–Kier alpha value is -2.34. The largest absolute Gasteiger partial charge is 0.466 e. The van der Waals surface area contributed by atoms with Crippen LogP contribution < -0.4 is 10.2 Å². The van der Waals surface area contributed by atoms with Crippen LogP contribution in [0.1, 0.15) is 40.3 Å². The van der Waals surface area contributed by atoms with Crippen molar-refractivity contribution in [3.8, 4) is 0 Å². The third-order valence-corrected chi connectivity index (χ3v) is 4.50. The summed E-state index contributed by atoms with van der Waals surface area (Å²) in [5.74, 6) is 1.34. The maximum absolute atomic E-state index is 12.4. The number of aromatic nitrogens is 1. The molecule has 0 bridgehead atoms. The zero-order valence-corrected chi connectivity index (χ0v) is 14.1. The first-order valence-corrected chi connectivity index (χ1v) is 8.25. The Morgan fingerprint density at radius 3 is 2.79 bits per heavy atom. The predicted octanol–water partition coefficient (Wildman–Crippen LogP) is 2.18. The average Bonchev–Trinajstić information content (AvgIpc) is 2.94. The normalized spacial score (nSPS) is 15.5. The summed E-state index contributed by atoms with van der Waals surface area (Å²) in [7, 11) is 0. The van der Waals surface area contributed by atoms with Gasteiger partial charge in [0.05, 0.1) is 12.2 Å². The molecule has 3 heterocycles. The number of piperidine rings is 1. The van der Waals surface area contributed by atoms with E-state index in [1.54, 1.807) is 18.5 Å². The van der Waals surface area contributed by atoms with Gasteiger partial charge in [0.2, 0.25) is 0 Å². The van der Waals surface area contributed by atoms with Gasteiger partial charge in [-0.3, -0.25) is 9.78 Å². The minimum Gasteiger partial charge on any atom is -0.466 e. The summed E-state index contributed by atoms with van der Waals surface area (Å²) < 4.78 is 5.43. The van der Waals surface area contributed by atoms with Gasteiger partial charge < -0.3 is 19.7 Å². The molecule has 2 N–H and O–H groups in total.